The quantitative estimate of drug-likeness (QED) is 0.917. The average molecular weight is 278 g/mol. The number of carbonyl (C=O) groups is 1. The van der Waals surface area contributed by atoms with Crippen molar-refractivity contribution in [3.8, 4) is 6.07 Å². The molecule has 0 radical (unpaired) electrons. The average Bonchev–Trinajstić information content (AvgIpc) is 2.53. The zero-order valence-electron chi connectivity index (χ0n) is 11.4. The van der Waals surface area contributed by atoms with Gasteiger partial charge >= 0.3 is 5.97 Å². The minimum Gasteiger partial charge on any atom is -0.481 e. The third-order valence-corrected chi connectivity index (χ3v) is 3.85. The van der Waals surface area contributed by atoms with Crippen LogP contribution in [0.3, 0.4) is 0 Å². The minimum absolute atomic E-state index is 0.443. The molecule has 1 atom stereocenters. The highest BCUT2D eigenvalue weighted by Crippen LogP contribution is 2.31. The van der Waals surface area contributed by atoms with Crippen LogP contribution >= 0.6 is 0 Å². The molecule has 4 nitrogen and oxygen atoms in total. The van der Waals surface area contributed by atoms with Crippen molar-refractivity contribution in [1.82, 2.24) is 0 Å². The van der Waals surface area contributed by atoms with Crippen molar-refractivity contribution in [1.29, 1.82) is 5.26 Å². The first kappa shape index (κ1) is 13.2. The summed E-state index contributed by atoms with van der Waals surface area (Å²) in [5.41, 5.74) is 3.48. The third-order valence-electron chi connectivity index (χ3n) is 3.85. The van der Waals surface area contributed by atoms with Gasteiger partial charge in [0.1, 0.15) is 0 Å². The Kier molecular flexibility index (Phi) is 3.33. The molecule has 1 unspecified atom stereocenters. The lowest BCUT2D eigenvalue weighted by Gasteiger charge is -2.34. The molecule has 0 amide bonds. The number of fused-ring (bicyclic) bond motifs is 1. The summed E-state index contributed by atoms with van der Waals surface area (Å²) in [4.78, 5) is 13.6. The van der Waals surface area contributed by atoms with E-state index in [0.29, 0.717) is 18.7 Å². The number of carboxylic acid groups (broad SMARTS) is 1. The summed E-state index contributed by atoms with van der Waals surface area (Å²) in [7, 11) is 0. The fourth-order valence-electron chi connectivity index (χ4n) is 2.76. The van der Waals surface area contributed by atoms with Crippen LogP contribution in [0.4, 0.5) is 5.69 Å². The molecular weight excluding hydrogens is 264 g/mol. The Morgan fingerprint density at radius 1 is 1.19 bits per heavy atom. The molecule has 0 saturated heterocycles. The van der Waals surface area contributed by atoms with Gasteiger partial charge in [0.2, 0.25) is 0 Å². The highest BCUT2D eigenvalue weighted by atomic mass is 16.4. The number of hydrogen-bond acceptors (Lipinski definition) is 3. The maximum absolute atomic E-state index is 11.5. The van der Waals surface area contributed by atoms with Crippen LogP contribution in [0.15, 0.2) is 48.5 Å². The maximum atomic E-state index is 11.5. The van der Waals surface area contributed by atoms with Crippen molar-refractivity contribution in [3.05, 3.63) is 65.2 Å². The van der Waals surface area contributed by atoms with Crippen molar-refractivity contribution in [2.24, 2.45) is 0 Å². The molecule has 1 aliphatic heterocycles. The molecule has 21 heavy (non-hydrogen) atoms. The SMILES string of the molecule is N#Cc1ccc(N2Cc3ccccc3C(C(=O)O)C2)cc1. The van der Waals surface area contributed by atoms with Crippen LogP contribution in [0, 0.1) is 11.3 Å². The molecule has 0 fully saturated rings. The number of nitriles is 1. The molecule has 4 heteroatoms. The van der Waals surface area contributed by atoms with E-state index in [1.165, 1.54) is 0 Å². The van der Waals surface area contributed by atoms with Crippen LogP contribution in [0.5, 0.6) is 0 Å². The number of anilines is 1. The Morgan fingerprint density at radius 2 is 1.90 bits per heavy atom. The smallest absolute Gasteiger partial charge is 0.312 e. The Morgan fingerprint density at radius 3 is 2.57 bits per heavy atom. The van der Waals surface area contributed by atoms with Crippen molar-refractivity contribution in [2.75, 3.05) is 11.4 Å². The number of hydrogen-bond donors (Lipinski definition) is 1. The van der Waals surface area contributed by atoms with Gasteiger partial charge in [-0.05, 0) is 35.4 Å². The number of nitrogens with zero attached hydrogens (tertiary/aromatic N) is 2. The summed E-state index contributed by atoms with van der Waals surface area (Å²) in [6, 6.07) is 17.0. The Hall–Kier alpha value is -2.80. The first-order valence-corrected chi connectivity index (χ1v) is 6.75. The van der Waals surface area contributed by atoms with Gasteiger partial charge in [-0.3, -0.25) is 4.79 Å². The van der Waals surface area contributed by atoms with E-state index in [9.17, 15) is 9.90 Å². The van der Waals surface area contributed by atoms with Gasteiger partial charge in [0.25, 0.3) is 0 Å². The first-order valence-electron chi connectivity index (χ1n) is 6.75. The summed E-state index contributed by atoms with van der Waals surface area (Å²) in [5, 5.41) is 18.3. The number of rotatable bonds is 2. The second kappa shape index (κ2) is 5.29. The lowest BCUT2D eigenvalue weighted by molar-refractivity contribution is -0.138. The van der Waals surface area contributed by atoms with Crippen LogP contribution < -0.4 is 4.90 Å². The van der Waals surface area contributed by atoms with Crippen molar-refractivity contribution in [2.45, 2.75) is 12.5 Å². The van der Waals surface area contributed by atoms with E-state index in [2.05, 4.69) is 6.07 Å². The fraction of sp³-hybridized carbons (Fsp3) is 0.176. The molecule has 3 rings (SSSR count). The van der Waals surface area contributed by atoms with Gasteiger partial charge in [-0.15, -0.1) is 0 Å². The van der Waals surface area contributed by atoms with Crippen LogP contribution in [0.1, 0.15) is 22.6 Å². The molecule has 1 aliphatic rings. The second-order valence-electron chi connectivity index (χ2n) is 5.13. The van der Waals surface area contributed by atoms with E-state index in [1.807, 2.05) is 41.3 Å². The van der Waals surface area contributed by atoms with Gasteiger partial charge in [-0.2, -0.15) is 5.26 Å². The van der Waals surface area contributed by atoms with Crippen molar-refractivity contribution in [3.63, 3.8) is 0 Å². The second-order valence-corrected chi connectivity index (χ2v) is 5.13. The Balaban J connectivity index is 1.96. The van der Waals surface area contributed by atoms with Crippen molar-refractivity contribution >= 4 is 11.7 Å². The Labute approximate surface area is 122 Å². The predicted octanol–water partition coefficient (Wildman–Crippen LogP) is 2.75. The molecule has 1 heterocycles. The number of benzene rings is 2. The molecule has 0 bridgehead atoms. The summed E-state index contributed by atoms with van der Waals surface area (Å²) in [6.45, 7) is 1.13. The van der Waals surface area contributed by atoms with E-state index < -0.39 is 11.9 Å². The van der Waals surface area contributed by atoms with Gasteiger partial charge in [-0.1, -0.05) is 24.3 Å². The highest BCUT2D eigenvalue weighted by molar-refractivity contribution is 5.78. The van der Waals surface area contributed by atoms with E-state index >= 15 is 0 Å². The summed E-state index contributed by atoms with van der Waals surface area (Å²) in [6.07, 6.45) is 0. The summed E-state index contributed by atoms with van der Waals surface area (Å²) in [5.74, 6) is -1.33. The molecule has 0 aliphatic carbocycles. The molecule has 2 aromatic rings. The molecule has 2 aromatic carbocycles. The lowest BCUT2D eigenvalue weighted by atomic mass is 9.89. The van der Waals surface area contributed by atoms with E-state index in [-0.39, 0.29) is 0 Å². The molecule has 0 aromatic heterocycles. The summed E-state index contributed by atoms with van der Waals surface area (Å²) >= 11 is 0. The van der Waals surface area contributed by atoms with Crippen molar-refractivity contribution < 1.29 is 9.90 Å². The fourth-order valence-corrected chi connectivity index (χ4v) is 2.76. The zero-order valence-corrected chi connectivity index (χ0v) is 11.4. The Bertz CT molecular complexity index is 716. The molecular formula is C17H14N2O2. The highest BCUT2D eigenvalue weighted by Gasteiger charge is 2.30. The molecule has 0 saturated carbocycles. The molecule has 104 valence electrons. The standard InChI is InChI=1S/C17H14N2O2/c18-9-12-5-7-14(8-6-12)19-10-13-3-1-2-4-15(13)16(11-19)17(20)21/h1-8,16H,10-11H2,(H,20,21). The van der Waals surface area contributed by atoms with Gasteiger partial charge in [0.05, 0.1) is 17.6 Å². The van der Waals surface area contributed by atoms with Crippen LogP contribution in [0.2, 0.25) is 0 Å². The van der Waals surface area contributed by atoms with Crippen LogP contribution in [-0.2, 0) is 11.3 Å². The number of aliphatic carboxylic acids is 1. The minimum atomic E-state index is -0.805. The first-order chi connectivity index (χ1) is 10.2. The van der Waals surface area contributed by atoms with Gasteiger partial charge in [-0.25, -0.2) is 0 Å². The molecule has 0 spiro atoms. The zero-order chi connectivity index (χ0) is 14.8. The van der Waals surface area contributed by atoms with Crippen LogP contribution in [-0.4, -0.2) is 17.6 Å². The van der Waals surface area contributed by atoms with Crippen LogP contribution in [0.25, 0.3) is 0 Å². The largest absolute Gasteiger partial charge is 0.481 e. The van der Waals surface area contributed by atoms with E-state index in [4.69, 9.17) is 5.26 Å². The van der Waals surface area contributed by atoms with E-state index in [0.717, 1.165) is 16.8 Å². The van der Waals surface area contributed by atoms with Gasteiger partial charge < -0.3 is 10.0 Å². The topological polar surface area (TPSA) is 64.3 Å². The monoisotopic (exact) mass is 278 g/mol. The molecule has 1 N–H and O–H groups in total. The summed E-state index contributed by atoms with van der Waals surface area (Å²) < 4.78 is 0. The van der Waals surface area contributed by atoms with Gasteiger partial charge in [0.15, 0.2) is 0 Å². The third kappa shape index (κ3) is 2.46. The van der Waals surface area contributed by atoms with E-state index in [1.54, 1.807) is 12.1 Å². The lowest BCUT2D eigenvalue weighted by Crippen LogP contribution is -2.36. The predicted molar refractivity (Wildman–Crippen MR) is 79.0 cm³/mol. The van der Waals surface area contributed by atoms with Gasteiger partial charge in [0, 0.05) is 18.8 Å². The maximum Gasteiger partial charge on any atom is 0.312 e. The number of carboxylic acids is 1. The normalized spacial score (nSPS) is 16.9.